The van der Waals surface area contributed by atoms with Crippen LogP contribution in [0.1, 0.15) is 61.5 Å². The minimum absolute atomic E-state index is 0.0266. The number of nitrogens with zero attached hydrogens (tertiary/aromatic N) is 3. The van der Waals surface area contributed by atoms with E-state index in [1.165, 1.54) is 18.2 Å². The fourth-order valence-corrected chi connectivity index (χ4v) is 6.11. The highest BCUT2D eigenvalue weighted by molar-refractivity contribution is 5.99. The topological polar surface area (TPSA) is 119 Å². The largest absolute Gasteiger partial charge is 0.440 e. The van der Waals surface area contributed by atoms with Gasteiger partial charge in [-0.3, -0.25) is 9.59 Å². The zero-order valence-electron chi connectivity index (χ0n) is 26.7. The number of ether oxygens (including phenoxy) is 1. The third-order valence-electron chi connectivity index (χ3n) is 8.99. The van der Waals surface area contributed by atoms with E-state index in [1.807, 2.05) is 18.7 Å². The molecule has 250 valence electrons. The molecule has 3 aliphatic heterocycles. The van der Waals surface area contributed by atoms with Crippen molar-refractivity contribution in [1.29, 1.82) is 0 Å². The molecule has 0 bridgehead atoms. The summed E-state index contributed by atoms with van der Waals surface area (Å²) in [7, 11) is 1.69. The summed E-state index contributed by atoms with van der Waals surface area (Å²) < 4.78 is 40.1. The number of carbonyl (C=O) groups is 1. The number of hydrogen-bond acceptors (Lipinski definition) is 9. The van der Waals surface area contributed by atoms with Gasteiger partial charge in [0.15, 0.2) is 11.3 Å². The SMILES string of the molecule is CC1CN(c2cc(=O)c3cc(C(=O)N4CCC(O)CC4)cc(C(C)N(C)c4cc(F)cc(F)c4)c3o2)CCO1.OC1CCNCC1. The molecule has 0 saturated carbocycles. The molecule has 0 radical (unpaired) electrons. The molecule has 3 saturated heterocycles. The van der Waals surface area contributed by atoms with E-state index < -0.39 is 23.8 Å². The van der Waals surface area contributed by atoms with Gasteiger partial charge >= 0.3 is 0 Å². The Morgan fingerprint density at radius 1 is 0.978 bits per heavy atom. The fourth-order valence-electron chi connectivity index (χ4n) is 6.11. The maximum atomic E-state index is 14.0. The van der Waals surface area contributed by atoms with Crippen molar-refractivity contribution in [3.63, 3.8) is 0 Å². The lowest BCUT2D eigenvalue weighted by Gasteiger charge is -2.32. The zero-order valence-corrected chi connectivity index (χ0v) is 26.7. The molecule has 3 fully saturated rings. The highest BCUT2D eigenvalue weighted by Crippen LogP contribution is 2.34. The Hall–Kier alpha value is -3.58. The lowest BCUT2D eigenvalue weighted by Crippen LogP contribution is -2.41. The van der Waals surface area contributed by atoms with E-state index in [1.54, 1.807) is 29.0 Å². The summed E-state index contributed by atoms with van der Waals surface area (Å²) in [5.41, 5.74) is 1.19. The number of nitrogens with one attached hydrogen (secondary N) is 1. The van der Waals surface area contributed by atoms with Crippen LogP contribution in [0.5, 0.6) is 0 Å². The summed E-state index contributed by atoms with van der Waals surface area (Å²) in [5, 5.41) is 22.1. The second-order valence-corrected chi connectivity index (χ2v) is 12.4. The number of amides is 1. The number of aliphatic hydroxyl groups excluding tert-OH is 2. The summed E-state index contributed by atoms with van der Waals surface area (Å²) in [5.74, 6) is -1.26. The van der Waals surface area contributed by atoms with Gasteiger partial charge in [0.05, 0.1) is 36.3 Å². The number of benzene rings is 2. The first-order valence-corrected chi connectivity index (χ1v) is 16.0. The van der Waals surface area contributed by atoms with Crippen LogP contribution in [0.25, 0.3) is 11.0 Å². The fraction of sp³-hybridized carbons (Fsp3) is 0.529. The number of likely N-dealkylation sites (tertiary alicyclic amines) is 1. The minimum Gasteiger partial charge on any atom is -0.440 e. The van der Waals surface area contributed by atoms with Crippen LogP contribution >= 0.6 is 0 Å². The molecule has 12 heteroatoms. The third-order valence-corrected chi connectivity index (χ3v) is 8.99. The molecular formula is C34H44F2N4O6. The average molecular weight is 643 g/mol. The van der Waals surface area contributed by atoms with Crippen LogP contribution in [0.3, 0.4) is 0 Å². The van der Waals surface area contributed by atoms with Gasteiger partial charge < -0.3 is 39.4 Å². The monoisotopic (exact) mass is 642 g/mol. The molecule has 10 nitrogen and oxygen atoms in total. The first kappa shape index (κ1) is 33.8. The van der Waals surface area contributed by atoms with Crippen LogP contribution in [0.4, 0.5) is 20.4 Å². The molecule has 2 atom stereocenters. The lowest BCUT2D eigenvalue weighted by atomic mass is 9.98. The standard InChI is InChI=1S/C29H33F2N3O5.C5H11NO/c1-17-16-34(8-9-38-17)27-15-26(36)25-11-19(29(37)33-6-4-23(35)5-7-33)10-24(28(25)39-27)18(2)32(3)22-13-20(30)12-21(31)14-22;7-5-1-3-6-4-2-5/h10-15,17-18,23,35H,4-9,16H2,1-3H3;5-7H,1-4H2. The Morgan fingerprint density at radius 2 is 1.63 bits per heavy atom. The van der Waals surface area contributed by atoms with Crippen LogP contribution in [0.15, 0.2) is 45.6 Å². The second-order valence-electron chi connectivity index (χ2n) is 12.4. The Kier molecular flexibility index (Phi) is 10.9. The van der Waals surface area contributed by atoms with Gasteiger partial charge in [-0.25, -0.2) is 8.78 Å². The zero-order chi connectivity index (χ0) is 33.0. The molecule has 3 N–H and O–H groups in total. The second kappa shape index (κ2) is 14.9. The highest BCUT2D eigenvalue weighted by atomic mass is 19.1. The summed E-state index contributed by atoms with van der Waals surface area (Å²) in [6.07, 6.45) is 2.34. The quantitative estimate of drug-likeness (QED) is 0.382. The van der Waals surface area contributed by atoms with Crippen molar-refractivity contribution in [3.8, 4) is 0 Å². The highest BCUT2D eigenvalue weighted by Gasteiger charge is 2.27. The van der Waals surface area contributed by atoms with E-state index in [9.17, 15) is 23.5 Å². The Bertz CT molecular complexity index is 1550. The predicted molar refractivity (Wildman–Crippen MR) is 173 cm³/mol. The lowest BCUT2D eigenvalue weighted by molar-refractivity contribution is 0.0517. The molecule has 0 aliphatic carbocycles. The molecule has 4 heterocycles. The number of carbonyl (C=O) groups excluding carboxylic acids is 1. The normalized spacial score (nSPS) is 20.3. The van der Waals surface area contributed by atoms with Crippen LogP contribution in [-0.4, -0.2) is 92.3 Å². The number of anilines is 2. The number of rotatable bonds is 5. The molecule has 2 aromatic carbocycles. The molecule has 1 amide bonds. The van der Waals surface area contributed by atoms with Gasteiger partial charge in [-0.15, -0.1) is 0 Å². The van der Waals surface area contributed by atoms with E-state index in [0.717, 1.165) is 32.0 Å². The Morgan fingerprint density at radius 3 is 2.24 bits per heavy atom. The number of piperidine rings is 2. The first-order chi connectivity index (χ1) is 22.0. The summed E-state index contributed by atoms with van der Waals surface area (Å²) in [4.78, 5) is 32.2. The van der Waals surface area contributed by atoms with Crippen molar-refractivity contribution >= 4 is 28.4 Å². The van der Waals surface area contributed by atoms with Crippen molar-refractivity contribution in [2.75, 3.05) is 62.7 Å². The molecule has 3 aromatic rings. The van der Waals surface area contributed by atoms with E-state index in [4.69, 9.17) is 14.3 Å². The van der Waals surface area contributed by atoms with Gasteiger partial charge in [-0.1, -0.05) is 0 Å². The van der Waals surface area contributed by atoms with Crippen molar-refractivity contribution in [2.24, 2.45) is 0 Å². The van der Waals surface area contributed by atoms with Gasteiger partial charge in [0.1, 0.15) is 17.2 Å². The van der Waals surface area contributed by atoms with Crippen LogP contribution in [0.2, 0.25) is 0 Å². The number of fused-ring (bicyclic) bond motifs is 1. The van der Waals surface area contributed by atoms with Crippen molar-refractivity contribution in [3.05, 3.63) is 69.4 Å². The van der Waals surface area contributed by atoms with Crippen molar-refractivity contribution < 1.29 is 32.9 Å². The molecule has 2 unspecified atom stereocenters. The summed E-state index contributed by atoms with van der Waals surface area (Å²) in [6.45, 7) is 8.18. The van der Waals surface area contributed by atoms with Crippen molar-refractivity contribution in [2.45, 2.75) is 63.9 Å². The molecule has 6 rings (SSSR count). The van der Waals surface area contributed by atoms with Gasteiger partial charge in [-0.05, 0) is 76.9 Å². The number of hydrogen-bond donors (Lipinski definition) is 3. The van der Waals surface area contributed by atoms with E-state index in [0.29, 0.717) is 73.9 Å². The van der Waals surface area contributed by atoms with E-state index >= 15 is 0 Å². The maximum Gasteiger partial charge on any atom is 0.253 e. The number of halogens is 2. The summed E-state index contributed by atoms with van der Waals surface area (Å²) >= 11 is 0. The third kappa shape index (κ3) is 8.03. The number of morpholine rings is 1. The maximum absolute atomic E-state index is 14.0. The molecule has 1 aromatic heterocycles. The van der Waals surface area contributed by atoms with Gasteiger partial charge in [0, 0.05) is 62.2 Å². The van der Waals surface area contributed by atoms with Gasteiger partial charge in [0.25, 0.3) is 5.91 Å². The Balaban J connectivity index is 0.000000527. The number of aliphatic hydroxyl groups is 2. The minimum atomic E-state index is -0.708. The van der Waals surface area contributed by atoms with Crippen LogP contribution < -0.4 is 20.5 Å². The molecule has 46 heavy (non-hydrogen) atoms. The summed E-state index contributed by atoms with van der Waals surface area (Å²) in [6, 6.07) is 7.43. The average Bonchev–Trinajstić information content (AvgIpc) is 3.04. The van der Waals surface area contributed by atoms with Crippen LogP contribution in [0, 0.1) is 11.6 Å². The smallest absolute Gasteiger partial charge is 0.253 e. The van der Waals surface area contributed by atoms with Crippen LogP contribution in [-0.2, 0) is 4.74 Å². The van der Waals surface area contributed by atoms with E-state index in [-0.39, 0.29) is 28.9 Å². The molecular weight excluding hydrogens is 598 g/mol. The molecule has 3 aliphatic rings. The predicted octanol–water partition coefficient (Wildman–Crippen LogP) is 3.82. The van der Waals surface area contributed by atoms with Gasteiger partial charge in [0.2, 0.25) is 0 Å². The van der Waals surface area contributed by atoms with Crippen molar-refractivity contribution in [1.82, 2.24) is 10.2 Å². The van der Waals surface area contributed by atoms with E-state index in [2.05, 4.69) is 5.32 Å². The first-order valence-electron chi connectivity index (χ1n) is 16.0. The molecule has 0 spiro atoms. The Labute approximate surface area is 267 Å². The van der Waals surface area contributed by atoms with Gasteiger partial charge in [-0.2, -0.15) is 0 Å².